The van der Waals surface area contributed by atoms with E-state index in [0.717, 1.165) is 11.4 Å². The molecule has 1 heterocycles. The van der Waals surface area contributed by atoms with Crippen molar-refractivity contribution in [1.29, 1.82) is 0 Å². The number of nitrogens with two attached hydrogens (primary N) is 1. The lowest BCUT2D eigenvalue weighted by Gasteiger charge is -2.43. The van der Waals surface area contributed by atoms with E-state index in [1.165, 1.54) is 37.9 Å². The van der Waals surface area contributed by atoms with Crippen LogP contribution in [0.4, 0.5) is 0 Å². The van der Waals surface area contributed by atoms with Crippen LogP contribution in [0.1, 0.15) is 45.1 Å². The predicted molar refractivity (Wildman–Crippen MR) is 82.5 cm³/mol. The zero-order valence-corrected chi connectivity index (χ0v) is 12.8. The molecule has 1 fully saturated rings. The first kappa shape index (κ1) is 14.8. The molecule has 2 unspecified atom stereocenters. The number of rotatable bonds is 4. The molecule has 0 radical (unpaired) electrons. The van der Waals surface area contributed by atoms with Gasteiger partial charge in [0.25, 0.3) is 0 Å². The molecule has 1 aromatic rings. The number of halogens is 1. The monoisotopic (exact) mass is 280 g/mol. The lowest BCUT2D eigenvalue weighted by Crippen LogP contribution is -2.55. The molecular weight excluding hydrogens is 256 g/mol. The molecule has 2 rings (SSSR count). The smallest absolute Gasteiger partial charge is 0.0561 e. The molecule has 2 atom stereocenters. The van der Waals surface area contributed by atoms with Gasteiger partial charge in [0.1, 0.15) is 0 Å². The van der Waals surface area contributed by atoms with E-state index in [9.17, 15) is 0 Å². The molecule has 2 nitrogen and oxygen atoms in total. The van der Waals surface area contributed by atoms with Gasteiger partial charge in [-0.2, -0.15) is 0 Å². The highest BCUT2D eigenvalue weighted by atomic mass is 35.5. The molecule has 1 aliphatic heterocycles. The lowest BCUT2D eigenvalue weighted by molar-refractivity contribution is 0.106. The summed E-state index contributed by atoms with van der Waals surface area (Å²) in [4.78, 5) is 2.54. The predicted octanol–water partition coefficient (Wildman–Crippen LogP) is 3.78. The van der Waals surface area contributed by atoms with Gasteiger partial charge in [-0.15, -0.1) is 0 Å². The van der Waals surface area contributed by atoms with Crippen LogP contribution in [0.5, 0.6) is 0 Å². The number of likely N-dealkylation sites (tertiary alicyclic amines) is 1. The standard InChI is InChI=1S/C16H25ClN2/c1-3-16(18,14-7-9-15(17)10-8-14)13(2)19-11-5-4-6-12-19/h7-10,13H,3-6,11-12,18H2,1-2H3. The molecule has 106 valence electrons. The Hall–Kier alpha value is -0.570. The fraction of sp³-hybridized carbons (Fsp3) is 0.625. The van der Waals surface area contributed by atoms with E-state index in [4.69, 9.17) is 17.3 Å². The maximum absolute atomic E-state index is 6.76. The van der Waals surface area contributed by atoms with E-state index in [1.54, 1.807) is 0 Å². The van der Waals surface area contributed by atoms with Gasteiger partial charge in [-0.1, -0.05) is 37.1 Å². The third-order valence-corrected chi connectivity index (χ3v) is 4.90. The van der Waals surface area contributed by atoms with Gasteiger partial charge in [0.2, 0.25) is 0 Å². The number of hydrogen-bond donors (Lipinski definition) is 1. The summed E-state index contributed by atoms with van der Waals surface area (Å²) in [6.07, 6.45) is 4.88. The SMILES string of the molecule is CCC(N)(c1ccc(Cl)cc1)C(C)N1CCCCC1. The minimum atomic E-state index is -0.290. The Morgan fingerprint density at radius 1 is 1.21 bits per heavy atom. The highest BCUT2D eigenvalue weighted by Crippen LogP contribution is 2.31. The van der Waals surface area contributed by atoms with Gasteiger partial charge >= 0.3 is 0 Å². The fourth-order valence-electron chi connectivity index (χ4n) is 3.13. The number of nitrogens with zero attached hydrogens (tertiary/aromatic N) is 1. The molecular formula is C16H25ClN2. The average Bonchev–Trinajstić information content (AvgIpc) is 2.47. The van der Waals surface area contributed by atoms with Crippen molar-refractivity contribution in [3.8, 4) is 0 Å². The Kier molecular flexibility index (Phi) is 4.88. The maximum atomic E-state index is 6.76. The largest absolute Gasteiger partial charge is 0.320 e. The first-order chi connectivity index (χ1) is 9.08. The van der Waals surface area contributed by atoms with Gasteiger partial charge in [0, 0.05) is 11.1 Å². The summed E-state index contributed by atoms with van der Waals surface area (Å²) in [5, 5.41) is 0.771. The summed E-state index contributed by atoms with van der Waals surface area (Å²) in [7, 11) is 0. The van der Waals surface area contributed by atoms with Crippen molar-refractivity contribution >= 4 is 11.6 Å². The van der Waals surface area contributed by atoms with E-state index < -0.39 is 0 Å². The van der Waals surface area contributed by atoms with Crippen LogP contribution in [0.15, 0.2) is 24.3 Å². The maximum Gasteiger partial charge on any atom is 0.0561 e. The van der Waals surface area contributed by atoms with Crippen LogP contribution in [0.2, 0.25) is 5.02 Å². The van der Waals surface area contributed by atoms with Crippen molar-refractivity contribution in [2.45, 2.75) is 51.1 Å². The van der Waals surface area contributed by atoms with Crippen LogP contribution < -0.4 is 5.73 Å². The first-order valence-corrected chi connectivity index (χ1v) is 7.74. The quantitative estimate of drug-likeness (QED) is 0.909. The molecule has 0 bridgehead atoms. The summed E-state index contributed by atoms with van der Waals surface area (Å²) in [6, 6.07) is 8.39. The molecule has 2 N–H and O–H groups in total. The van der Waals surface area contributed by atoms with Crippen molar-refractivity contribution in [2.24, 2.45) is 5.73 Å². The second-order valence-electron chi connectivity index (χ2n) is 5.67. The van der Waals surface area contributed by atoms with Crippen LogP contribution in [0.25, 0.3) is 0 Å². The Morgan fingerprint density at radius 2 is 1.79 bits per heavy atom. The summed E-state index contributed by atoms with van der Waals surface area (Å²) < 4.78 is 0. The second-order valence-corrected chi connectivity index (χ2v) is 6.11. The summed E-state index contributed by atoms with van der Waals surface area (Å²) in [5.41, 5.74) is 7.66. The Bertz CT molecular complexity index is 398. The lowest BCUT2D eigenvalue weighted by atomic mass is 9.81. The van der Waals surface area contributed by atoms with E-state index in [-0.39, 0.29) is 5.54 Å². The van der Waals surface area contributed by atoms with E-state index in [2.05, 4.69) is 30.9 Å². The first-order valence-electron chi connectivity index (χ1n) is 7.37. The number of hydrogen-bond acceptors (Lipinski definition) is 2. The van der Waals surface area contributed by atoms with E-state index in [0.29, 0.717) is 6.04 Å². The topological polar surface area (TPSA) is 29.3 Å². The molecule has 0 aromatic heterocycles. The van der Waals surface area contributed by atoms with Crippen LogP contribution in [0, 0.1) is 0 Å². The molecule has 19 heavy (non-hydrogen) atoms. The molecule has 3 heteroatoms. The van der Waals surface area contributed by atoms with Crippen LogP contribution in [-0.4, -0.2) is 24.0 Å². The van der Waals surface area contributed by atoms with Crippen molar-refractivity contribution in [2.75, 3.05) is 13.1 Å². The average molecular weight is 281 g/mol. The van der Waals surface area contributed by atoms with Crippen LogP contribution >= 0.6 is 11.6 Å². The fourth-order valence-corrected chi connectivity index (χ4v) is 3.26. The van der Waals surface area contributed by atoms with Gasteiger partial charge in [-0.25, -0.2) is 0 Å². The number of piperidine rings is 1. The summed E-state index contributed by atoms with van der Waals surface area (Å²) >= 11 is 5.98. The highest BCUT2D eigenvalue weighted by molar-refractivity contribution is 6.30. The van der Waals surface area contributed by atoms with Crippen molar-refractivity contribution in [1.82, 2.24) is 4.90 Å². The van der Waals surface area contributed by atoms with Gasteiger partial charge in [-0.3, -0.25) is 4.90 Å². The Morgan fingerprint density at radius 3 is 2.32 bits per heavy atom. The van der Waals surface area contributed by atoms with Crippen molar-refractivity contribution < 1.29 is 0 Å². The third-order valence-electron chi connectivity index (χ3n) is 4.65. The molecule has 0 spiro atoms. The highest BCUT2D eigenvalue weighted by Gasteiger charge is 2.36. The second kappa shape index (κ2) is 6.25. The summed E-state index contributed by atoms with van der Waals surface area (Å²) in [5.74, 6) is 0. The van der Waals surface area contributed by atoms with Gasteiger partial charge < -0.3 is 5.73 Å². The molecule has 1 aliphatic rings. The van der Waals surface area contributed by atoms with Gasteiger partial charge in [-0.05, 0) is 57.0 Å². The number of benzene rings is 1. The molecule has 1 aromatic carbocycles. The van der Waals surface area contributed by atoms with Gasteiger partial charge in [0.05, 0.1) is 5.54 Å². The Labute approximate surface area is 121 Å². The zero-order valence-electron chi connectivity index (χ0n) is 12.0. The minimum Gasteiger partial charge on any atom is -0.320 e. The zero-order chi connectivity index (χ0) is 13.9. The molecule has 0 amide bonds. The molecule has 0 saturated carbocycles. The minimum absolute atomic E-state index is 0.290. The van der Waals surface area contributed by atoms with Gasteiger partial charge in [0.15, 0.2) is 0 Å². The molecule has 1 saturated heterocycles. The van der Waals surface area contributed by atoms with Crippen LogP contribution in [-0.2, 0) is 5.54 Å². The Balaban J connectivity index is 2.22. The third kappa shape index (κ3) is 3.13. The van der Waals surface area contributed by atoms with Crippen molar-refractivity contribution in [3.63, 3.8) is 0 Å². The molecule has 0 aliphatic carbocycles. The van der Waals surface area contributed by atoms with E-state index >= 15 is 0 Å². The van der Waals surface area contributed by atoms with Crippen molar-refractivity contribution in [3.05, 3.63) is 34.9 Å². The van der Waals surface area contributed by atoms with Crippen LogP contribution in [0.3, 0.4) is 0 Å². The van der Waals surface area contributed by atoms with E-state index in [1.807, 2.05) is 12.1 Å². The summed E-state index contributed by atoms with van der Waals surface area (Å²) in [6.45, 7) is 6.79. The normalized spacial score (nSPS) is 21.9.